The topological polar surface area (TPSA) is 92.3 Å². The Bertz CT molecular complexity index is 1250. The van der Waals surface area contributed by atoms with E-state index in [4.69, 9.17) is 14.2 Å². The number of amides is 1. The molecule has 3 fully saturated rings. The Hall–Kier alpha value is -3.18. The fraction of sp³-hybridized carbons (Fsp3) is 0.621. The van der Waals surface area contributed by atoms with E-state index >= 15 is 4.39 Å². The summed E-state index contributed by atoms with van der Waals surface area (Å²) in [5, 5.41) is 3.37. The minimum atomic E-state index is -0.486. The van der Waals surface area contributed by atoms with E-state index in [0.717, 1.165) is 56.0 Å². The van der Waals surface area contributed by atoms with Crippen molar-refractivity contribution in [1.82, 2.24) is 19.8 Å². The van der Waals surface area contributed by atoms with E-state index in [0.29, 0.717) is 43.9 Å². The number of carbonyl (C=O) groups is 1. The van der Waals surface area contributed by atoms with Crippen LogP contribution in [-0.2, 0) is 9.47 Å². The fourth-order valence-corrected chi connectivity index (χ4v) is 6.08. The number of likely N-dealkylation sites (tertiary alicyclic amines) is 2. The zero-order valence-corrected chi connectivity index (χ0v) is 23.8. The molecule has 3 saturated heterocycles. The molecule has 0 bridgehead atoms. The standard InChI is InChI=1S/C29H39FN6O4/c1-18-24-26(31-17-32-27(24)34-9-11-38-12-10-34)33-23-14-19(13-22(30)25(23)39-18)20-15-36(16-20)21-5-7-35(8-6-21)28(37)40-29(2,3)4/h13-14,17-18,20-21H,5-12,15-16H2,1-4H3,(H,31,32,33)/t18-/m1/s1. The van der Waals surface area contributed by atoms with E-state index in [1.165, 1.54) is 0 Å². The number of ether oxygens (including phenoxy) is 3. The Morgan fingerprint density at radius 1 is 1.10 bits per heavy atom. The van der Waals surface area contributed by atoms with Crippen LogP contribution in [0.2, 0.25) is 0 Å². The molecule has 4 aliphatic heterocycles. The molecule has 0 aliphatic carbocycles. The number of piperidine rings is 1. The number of halogens is 1. The summed E-state index contributed by atoms with van der Waals surface area (Å²) >= 11 is 0. The molecule has 10 nitrogen and oxygen atoms in total. The molecule has 6 rings (SSSR count). The number of carbonyl (C=O) groups excluding carboxylic acids is 1. The van der Waals surface area contributed by atoms with Crippen LogP contribution in [0, 0.1) is 5.82 Å². The smallest absolute Gasteiger partial charge is 0.410 e. The van der Waals surface area contributed by atoms with Gasteiger partial charge in [0.1, 0.15) is 29.7 Å². The monoisotopic (exact) mass is 554 g/mol. The first kappa shape index (κ1) is 27.0. The number of hydrogen-bond donors (Lipinski definition) is 1. The van der Waals surface area contributed by atoms with Crippen LogP contribution in [-0.4, -0.2) is 90.0 Å². The molecule has 40 heavy (non-hydrogen) atoms. The molecule has 5 heterocycles. The van der Waals surface area contributed by atoms with Gasteiger partial charge in [-0.1, -0.05) is 0 Å². The zero-order valence-electron chi connectivity index (χ0n) is 23.8. The van der Waals surface area contributed by atoms with E-state index in [-0.39, 0.29) is 23.6 Å². The van der Waals surface area contributed by atoms with Crippen molar-refractivity contribution in [2.45, 2.75) is 64.2 Å². The highest BCUT2D eigenvalue weighted by Crippen LogP contribution is 2.44. The molecule has 1 aromatic heterocycles. The summed E-state index contributed by atoms with van der Waals surface area (Å²) in [6.07, 6.45) is 2.72. The number of nitrogens with zero attached hydrogens (tertiary/aromatic N) is 5. The average Bonchev–Trinajstić information content (AvgIpc) is 3.04. The molecule has 4 aliphatic rings. The maximum atomic E-state index is 15.5. The highest BCUT2D eigenvalue weighted by molar-refractivity contribution is 5.73. The lowest BCUT2D eigenvalue weighted by Gasteiger charge is -2.47. The van der Waals surface area contributed by atoms with E-state index in [1.807, 2.05) is 33.8 Å². The number of morpholine rings is 1. The first-order valence-corrected chi connectivity index (χ1v) is 14.3. The second-order valence-corrected chi connectivity index (χ2v) is 12.2. The minimum Gasteiger partial charge on any atom is -0.480 e. The summed E-state index contributed by atoms with van der Waals surface area (Å²) in [6.45, 7) is 13.5. The van der Waals surface area contributed by atoms with E-state index in [9.17, 15) is 4.79 Å². The highest BCUT2D eigenvalue weighted by atomic mass is 19.1. The van der Waals surface area contributed by atoms with Gasteiger partial charge in [-0.2, -0.15) is 0 Å². The van der Waals surface area contributed by atoms with Crippen molar-refractivity contribution < 1.29 is 23.4 Å². The fourth-order valence-electron chi connectivity index (χ4n) is 6.08. The molecule has 1 N–H and O–H groups in total. The summed E-state index contributed by atoms with van der Waals surface area (Å²) in [5.74, 6) is 1.53. The molecule has 0 radical (unpaired) electrons. The molecule has 11 heteroatoms. The molecular weight excluding hydrogens is 515 g/mol. The second-order valence-electron chi connectivity index (χ2n) is 12.2. The Morgan fingerprint density at radius 3 is 2.52 bits per heavy atom. The molecule has 0 unspecified atom stereocenters. The van der Waals surface area contributed by atoms with Gasteiger partial charge in [-0.15, -0.1) is 0 Å². The highest BCUT2D eigenvalue weighted by Gasteiger charge is 2.38. The summed E-state index contributed by atoms with van der Waals surface area (Å²) in [7, 11) is 0. The molecule has 0 saturated carbocycles. The van der Waals surface area contributed by atoms with Gasteiger partial charge in [0, 0.05) is 51.2 Å². The zero-order chi connectivity index (χ0) is 28.0. The van der Waals surface area contributed by atoms with Gasteiger partial charge in [0.25, 0.3) is 0 Å². The third-order valence-corrected chi connectivity index (χ3v) is 8.21. The normalized spacial score (nSPS) is 22.4. The molecule has 1 aromatic carbocycles. The number of anilines is 3. The first-order valence-electron chi connectivity index (χ1n) is 14.3. The van der Waals surface area contributed by atoms with Gasteiger partial charge in [0.15, 0.2) is 11.6 Å². The SMILES string of the molecule is C[C@H]1Oc2c(F)cc(C3CN(C4CCN(C(=O)OC(C)(C)C)CC4)C3)cc2Nc2ncnc(N3CCOCC3)c21. The van der Waals surface area contributed by atoms with Gasteiger partial charge in [-0.05, 0) is 58.2 Å². The van der Waals surface area contributed by atoms with Crippen LogP contribution in [0.15, 0.2) is 18.5 Å². The Labute approximate surface area is 234 Å². The van der Waals surface area contributed by atoms with Gasteiger partial charge >= 0.3 is 6.09 Å². The first-order chi connectivity index (χ1) is 19.2. The van der Waals surface area contributed by atoms with Crippen molar-refractivity contribution in [2.24, 2.45) is 0 Å². The summed E-state index contributed by atoms with van der Waals surface area (Å²) in [4.78, 5) is 27.9. The van der Waals surface area contributed by atoms with Crippen molar-refractivity contribution in [2.75, 3.05) is 62.7 Å². The van der Waals surface area contributed by atoms with Crippen LogP contribution in [0.4, 0.5) is 26.5 Å². The van der Waals surface area contributed by atoms with Crippen molar-refractivity contribution in [1.29, 1.82) is 0 Å². The van der Waals surface area contributed by atoms with Gasteiger partial charge in [0.05, 0.1) is 24.5 Å². The van der Waals surface area contributed by atoms with Crippen LogP contribution in [0.3, 0.4) is 0 Å². The molecular formula is C29H39FN6O4. The Morgan fingerprint density at radius 2 is 1.82 bits per heavy atom. The number of aromatic nitrogens is 2. The van der Waals surface area contributed by atoms with Gasteiger partial charge < -0.3 is 29.3 Å². The Kier molecular flexibility index (Phi) is 7.20. The second kappa shape index (κ2) is 10.7. The van der Waals surface area contributed by atoms with Crippen LogP contribution in [0.1, 0.15) is 63.7 Å². The molecule has 2 aromatic rings. The van der Waals surface area contributed by atoms with Gasteiger partial charge in [-0.25, -0.2) is 19.2 Å². The lowest BCUT2D eigenvalue weighted by atomic mass is 9.87. The van der Waals surface area contributed by atoms with E-state index in [2.05, 4.69) is 25.1 Å². The summed E-state index contributed by atoms with van der Waals surface area (Å²) in [5.41, 5.74) is 1.89. The van der Waals surface area contributed by atoms with Crippen molar-refractivity contribution >= 4 is 23.4 Å². The van der Waals surface area contributed by atoms with Crippen molar-refractivity contribution in [3.63, 3.8) is 0 Å². The maximum Gasteiger partial charge on any atom is 0.410 e. The number of nitrogens with one attached hydrogen (secondary N) is 1. The van der Waals surface area contributed by atoms with Crippen molar-refractivity contribution in [3.05, 3.63) is 35.4 Å². The third kappa shape index (κ3) is 5.41. The van der Waals surface area contributed by atoms with Crippen LogP contribution in [0.25, 0.3) is 0 Å². The molecule has 0 spiro atoms. The van der Waals surface area contributed by atoms with Crippen LogP contribution in [0.5, 0.6) is 5.75 Å². The van der Waals surface area contributed by atoms with E-state index < -0.39 is 11.7 Å². The maximum absolute atomic E-state index is 15.5. The molecule has 1 atom stereocenters. The van der Waals surface area contributed by atoms with Gasteiger partial charge in [0.2, 0.25) is 0 Å². The summed E-state index contributed by atoms with van der Waals surface area (Å²) < 4.78 is 32.7. The van der Waals surface area contributed by atoms with Crippen LogP contribution < -0.4 is 15.0 Å². The number of fused-ring (bicyclic) bond motifs is 2. The molecule has 1 amide bonds. The number of rotatable bonds is 3. The predicted molar refractivity (Wildman–Crippen MR) is 149 cm³/mol. The quantitative estimate of drug-likeness (QED) is 0.591. The van der Waals surface area contributed by atoms with Crippen LogP contribution >= 0.6 is 0 Å². The summed E-state index contributed by atoms with van der Waals surface area (Å²) in [6, 6.07) is 4.04. The third-order valence-electron chi connectivity index (χ3n) is 8.21. The predicted octanol–water partition coefficient (Wildman–Crippen LogP) is 4.45. The van der Waals surface area contributed by atoms with Gasteiger partial charge in [-0.3, -0.25) is 4.90 Å². The number of benzene rings is 1. The minimum absolute atomic E-state index is 0.216. The molecule has 216 valence electrons. The largest absolute Gasteiger partial charge is 0.480 e. The van der Waals surface area contributed by atoms with Crippen molar-refractivity contribution in [3.8, 4) is 5.75 Å². The van der Waals surface area contributed by atoms with E-state index in [1.54, 1.807) is 17.3 Å². The number of hydrogen-bond acceptors (Lipinski definition) is 9. The lowest BCUT2D eigenvalue weighted by molar-refractivity contribution is 0.00589. The lowest BCUT2D eigenvalue weighted by Crippen LogP contribution is -2.55. The Balaban J connectivity index is 1.12. The average molecular weight is 555 g/mol.